The highest BCUT2D eigenvalue weighted by Crippen LogP contribution is 2.26. The number of carbonyl (C=O) groups is 1. The van der Waals surface area contributed by atoms with E-state index in [1.165, 1.54) is 12.1 Å². The molecule has 0 amide bonds. The molecule has 6 rings (SSSR count). The van der Waals surface area contributed by atoms with Crippen LogP contribution < -0.4 is 4.74 Å². The van der Waals surface area contributed by atoms with E-state index in [0.29, 0.717) is 32.0 Å². The first-order valence-electron chi connectivity index (χ1n) is 12.9. The highest BCUT2D eigenvalue weighted by molar-refractivity contribution is 5.92. The van der Waals surface area contributed by atoms with Gasteiger partial charge in [-0.25, -0.2) is 24.1 Å². The number of fused-ring (bicyclic) bond motifs is 1. The van der Waals surface area contributed by atoms with E-state index >= 15 is 0 Å². The number of hydrogen-bond acceptors (Lipinski definition) is 8. The van der Waals surface area contributed by atoms with Gasteiger partial charge in [0.1, 0.15) is 12.4 Å². The third-order valence-corrected chi connectivity index (χ3v) is 7.06. The van der Waals surface area contributed by atoms with Crippen molar-refractivity contribution in [1.82, 2.24) is 24.4 Å². The summed E-state index contributed by atoms with van der Waals surface area (Å²) >= 11 is 0. The maximum absolute atomic E-state index is 14.2. The third kappa shape index (κ3) is 5.27. The lowest BCUT2D eigenvalue weighted by molar-refractivity contribution is -0.0591. The summed E-state index contributed by atoms with van der Waals surface area (Å²) in [6.45, 7) is 3.26. The number of ether oxygens (including phenoxy) is 2. The highest BCUT2D eigenvalue weighted by atomic mass is 19.1. The van der Waals surface area contributed by atoms with Gasteiger partial charge in [0.15, 0.2) is 17.4 Å². The molecule has 40 heavy (non-hydrogen) atoms. The van der Waals surface area contributed by atoms with Gasteiger partial charge in [-0.1, -0.05) is 6.08 Å². The number of aromatic carboxylic acids is 1. The average Bonchev–Trinajstić information content (AvgIpc) is 3.54. The van der Waals surface area contributed by atoms with Gasteiger partial charge in [-0.3, -0.25) is 4.90 Å². The lowest BCUT2D eigenvalue weighted by atomic mass is 10.1. The monoisotopic (exact) mass is 540 g/mol. The van der Waals surface area contributed by atoms with E-state index in [9.17, 15) is 14.3 Å². The second kappa shape index (κ2) is 10.8. The molecule has 1 saturated heterocycles. The fraction of sp³-hybridized carbons (Fsp3) is 0.276. The summed E-state index contributed by atoms with van der Waals surface area (Å²) in [5.41, 5.74) is 3.79. The number of carboxylic acids is 1. The highest BCUT2D eigenvalue weighted by Gasteiger charge is 2.25. The summed E-state index contributed by atoms with van der Waals surface area (Å²) in [5.74, 6) is -0.287. The minimum Gasteiger partial charge on any atom is -0.483 e. The molecule has 2 aromatic carbocycles. The third-order valence-electron chi connectivity index (χ3n) is 7.06. The molecule has 0 spiro atoms. The summed E-state index contributed by atoms with van der Waals surface area (Å²) in [4.78, 5) is 27.5. The topological polar surface area (TPSA) is 126 Å². The summed E-state index contributed by atoms with van der Waals surface area (Å²) in [6.07, 6.45) is 4.82. The number of nitriles is 1. The first-order chi connectivity index (χ1) is 19.5. The Kier molecular flexibility index (Phi) is 6.94. The molecule has 1 N–H and O–H groups in total. The number of hydrogen-bond donors (Lipinski definition) is 1. The van der Waals surface area contributed by atoms with E-state index in [2.05, 4.69) is 25.5 Å². The zero-order valence-corrected chi connectivity index (χ0v) is 21.5. The molecule has 202 valence electrons. The maximum Gasteiger partial charge on any atom is 0.335 e. The van der Waals surface area contributed by atoms with Gasteiger partial charge in [0, 0.05) is 25.9 Å². The molecule has 1 fully saturated rings. The second-order valence-corrected chi connectivity index (χ2v) is 9.73. The van der Waals surface area contributed by atoms with Crippen LogP contribution in [0.2, 0.25) is 0 Å². The van der Waals surface area contributed by atoms with Crippen molar-refractivity contribution >= 4 is 22.6 Å². The summed E-state index contributed by atoms with van der Waals surface area (Å²) in [5, 5.41) is 18.4. The Balaban J connectivity index is 1.15. The number of nitrogens with zero attached hydrogens (tertiary/aromatic N) is 6. The maximum atomic E-state index is 14.2. The van der Waals surface area contributed by atoms with Crippen molar-refractivity contribution in [2.24, 2.45) is 0 Å². The molecule has 2 aliphatic heterocycles. The van der Waals surface area contributed by atoms with Crippen LogP contribution in [0, 0.1) is 17.1 Å². The van der Waals surface area contributed by atoms with Gasteiger partial charge in [0.2, 0.25) is 0 Å². The Morgan fingerprint density at radius 3 is 2.85 bits per heavy atom. The quantitative estimate of drug-likeness (QED) is 0.337. The van der Waals surface area contributed by atoms with Gasteiger partial charge in [-0.2, -0.15) is 5.26 Å². The number of carboxylic acid groups (broad SMARTS) is 1. The summed E-state index contributed by atoms with van der Waals surface area (Å²) in [7, 11) is 0. The zero-order chi connectivity index (χ0) is 27.6. The lowest BCUT2D eigenvalue weighted by Gasteiger charge is -2.28. The molecule has 0 aliphatic carbocycles. The number of benzene rings is 2. The Morgan fingerprint density at radius 2 is 2.10 bits per heavy atom. The van der Waals surface area contributed by atoms with Crippen molar-refractivity contribution < 1.29 is 23.8 Å². The van der Waals surface area contributed by atoms with Crippen LogP contribution in [0.25, 0.3) is 16.6 Å². The molecule has 0 saturated carbocycles. The van der Waals surface area contributed by atoms with Gasteiger partial charge in [-0.05, 0) is 54.5 Å². The molecule has 11 heteroatoms. The fourth-order valence-electron chi connectivity index (χ4n) is 4.85. The van der Waals surface area contributed by atoms with Gasteiger partial charge in [0.25, 0.3) is 0 Å². The summed E-state index contributed by atoms with van der Waals surface area (Å²) < 4.78 is 27.4. The van der Waals surface area contributed by atoms with Crippen molar-refractivity contribution in [3.8, 4) is 11.8 Å². The molecular formula is C29H25FN6O4. The minimum atomic E-state index is -0.971. The van der Waals surface area contributed by atoms with Crippen molar-refractivity contribution in [2.75, 3.05) is 19.7 Å². The van der Waals surface area contributed by atoms with E-state index in [0.717, 1.165) is 47.2 Å². The molecule has 4 heterocycles. The Morgan fingerprint density at radius 1 is 1.23 bits per heavy atom. The van der Waals surface area contributed by atoms with E-state index in [4.69, 9.17) is 19.7 Å². The summed E-state index contributed by atoms with van der Waals surface area (Å²) in [6, 6.07) is 12.8. The molecule has 4 aromatic rings. The normalized spacial score (nSPS) is 16.9. The van der Waals surface area contributed by atoms with Gasteiger partial charge in [-0.15, -0.1) is 0 Å². The molecule has 0 unspecified atom stereocenters. The predicted octanol–water partition coefficient (Wildman–Crippen LogP) is 3.80. The van der Waals surface area contributed by atoms with E-state index in [-0.39, 0.29) is 29.6 Å². The van der Waals surface area contributed by atoms with Crippen LogP contribution in [0.3, 0.4) is 0 Å². The smallest absolute Gasteiger partial charge is 0.335 e. The van der Waals surface area contributed by atoms with Gasteiger partial charge >= 0.3 is 5.97 Å². The van der Waals surface area contributed by atoms with E-state index in [1.54, 1.807) is 24.4 Å². The lowest BCUT2D eigenvalue weighted by Crippen LogP contribution is -2.32. The predicted molar refractivity (Wildman–Crippen MR) is 142 cm³/mol. The number of aromatic nitrogens is 4. The number of halogens is 1. The van der Waals surface area contributed by atoms with Crippen molar-refractivity contribution in [3.63, 3.8) is 0 Å². The molecule has 0 bridgehead atoms. The zero-order valence-electron chi connectivity index (χ0n) is 21.5. The first kappa shape index (κ1) is 25.6. The molecule has 1 atom stereocenters. The largest absolute Gasteiger partial charge is 0.483 e. The van der Waals surface area contributed by atoms with Crippen LogP contribution in [0.4, 0.5) is 4.39 Å². The fourth-order valence-corrected chi connectivity index (χ4v) is 4.85. The van der Waals surface area contributed by atoms with E-state index < -0.39 is 11.8 Å². The number of rotatable bonds is 9. The van der Waals surface area contributed by atoms with Crippen molar-refractivity contribution in [1.29, 1.82) is 5.26 Å². The van der Waals surface area contributed by atoms with Gasteiger partial charge in [0.05, 0.1) is 53.1 Å². The van der Waals surface area contributed by atoms with Crippen LogP contribution in [0.15, 0.2) is 54.7 Å². The standard InChI is InChI=1S/C29H25FN6O4/c30-22-11-18(13-31)1-4-26(22)40-17-27-32-8-5-23(33-27)20-6-9-35(14-20)16-28-34-24-3-2-19(29(37)38)12-25(24)36(28)15-21-7-10-39-21/h1-6,8,11-12,21H,7,9-10,14-17H2,(H,37,38)/t21-/m0/s1. The van der Waals surface area contributed by atoms with Gasteiger partial charge < -0.3 is 19.1 Å². The van der Waals surface area contributed by atoms with Crippen LogP contribution >= 0.6 is 0 Å². The minimum absolute atomic E-state index is 0.0146. The Hall–Kier alpha value is -4.66. The van der Waals surface area contributed by atoms with Crippen LogP contribution in [-0.4, -0.2) is 61.3 Å². The average molecular weight is 541 g/mol. The molecule has 2 aliphatic rings. The first-order valence-corrected chi connectivity index (χ1v) is 12.9. The molecule has 2 aromatic heterocycles. The van der Waals surface area contributed by atoms with E-state index in [1.807, 2.05) is 12.1 Å². The van der Waals surface area contributed by atoms with Crippen molar-refractivity contribution in [3.05, 3.63) is 89.0 Å². The SMILES string of the molecule is N#Cc1ccc(OCc2nccc(C3=CCN(Cc4nc5ccc(C(=O)O)cc5n4C[C@@H]4CCO4)C3)n2)c(F)c1. The number of imidazole rings is 1. The molecule has 10 nitrogen and oxygen atoms in total. The van der Waals surface area contributed by atoms with Crippen LogP contribution in [-0.2, 0) is 24.4 Å². The van der Waals surface area contributed by atoms with Crippen molar-refractivity contribution in [2.45, 2.75) is 32.2 Å². The molecular weight excluding hydrogens is 515 g/mol. The molecule has 0 radical (unpaired) electrons. The Bertz CT molecular complexity index is 1670. The Labute approximate surface area is 228 Å². The second-order valence-electron chi connectivity index (χ2n) is 9.73. The van der Waals surface area contributed by atoms with Crippen LogP contribution in [0.1, 0.15) is 39.7 Å². The van der Waals surface area contributed by atoms with Crippen LogP contribution in [0.5, 0.6) is 5.75 Å².